The highest BCUT2D eigenvalue weighted by Crippen LogP contribution is 2.19. The monoisotopic (exact) mass is 339 g/mol. The first-order valence-corrected chi connectivity index (χ1v) is 8.20. The Hall–Kier alpha value is -1.96. The maximum Gasteiger partial charge on any atom is 0.306 e. The fourth-order valence-corrected chi connectivity index (χ4v) is 2.47. The molecule has 2 rings (SSSR count). The molecule has 2 heterocycles. The maximum atomic E-state index is 12.2. The molecule has 1 aliphatic heterocycles. The van der Waals surface area contributed by atoms with Crippen molar-refractivity contribution < 1.29 is 24.0 Å². The Bertz CT molecular complexity index is 579. The van der Waals surface area contributed by atoms with Gasteiger partial charge in [-0.3, -0.25) is 9.59 Å². The number of carbonyl (C=O) groups excluding carboxylic acids is 1. The van der Waals surface area contributed by atoms with Crippen molar-refractivity contribution in [3.05, 3.63) is 11.7 Å². The quantitative estimate of drug-likeness (QED) is 0.834. The Morgan fingerprint density at radius 1 is 1.38 bits per heavy atom. The summed E-state index contributed by atoms with van der Waals surface area (Å²) in [6.45, 7) is 7.25. The first-order chi connectivity index (χ1) is 11.3. The van der Waals surface area contributed by atoms with Crippen molar-refractivity contribution >= 4 is 11.9 Å². The number of hydrogen-bond donors (Lipinski definition) is 1. The molecular weight excluding hydrogens is 314 g/mol. The van der Waals surface area contributed by atoms with Gasteiger partial charge in [0.05, 0.1) is 19.1 Å². The van der Waals surface area contributed by atoms with Crippen molar-refractivity contribution in [2.75, 3.05) is 19.7 Å². The molecule has 8 heteroatoms. The molecule has 1 atom stereocenters. The Balaban J connectivity index is 1.76. The third-order valence-corrected chi connectivity index (χ3v) is 3.81. The van der Waals surface area contributed by atoms with E-state index < -0.39 is 12.1 Å². The summed E-state index contributed by atoms with van der Waals surface area (Å²) in [6, 6.07) is 0. The van der Waals surface area contributed by atoms with Gasteiger partial charge in [-0.2, -0.15) is 4.98 Å². The standard InChI is InChI=1S/C16H25N3O5/c1-16(2,3)15-17-12(24-18-15)5-4-6-13(20)19-7-8-23-11(10-19)9-14(21)22/h11H,4-10H2,1-3H3,(H,21,22)/t11-/m0/s1. The number of aliphatic carboxylic acids is 1. The van der Waals surface area contributed by atoms with Crippen molar-refractivity contribution in [3.8, 4) is 0 Å². The lowest BCUT2D eigenvalue weighted by Gasteiger charge is -2.32. The number of hydrogen-bond acceptors (Lipinski definition) is 6. The van der Waals surface area contributed by atoms with Gasteiger partial charge in [-0.1, -0.05) is 25.9 Å². The second-order valence-electron chi connectivity index (χ2n) is 7.05. The molecule has 134 valence electrons. The van der Waals surface area contributed by atoms with Crippen molar-refractivity contribution in [2.24, 2.45) is 0 Å². The van der Waals surface area contributed by atoms with Gasteiger partial charge in [-0.15, -0.1) is 0 Å². The number of nitrogens with zero attached hydrogens (tertiary/aromatic N) is 3. The van der Waals surface area contributed by atoms with Crippen LogP contribution in [0.5, 0.6) is 0 Å². The molecule has 0 aliphatic carbocycles. The highest BCUT2D eigenvalue weighted by atomic mass is 16.5. The van der Waals surface area contributed by atoms with Crippen LogP contribution in [-0.4, -0.2) is 57.8 Å². The summed E-state index contributed by atoms with van der Waals surface area (Å²) in [4.78, 5) is 29.0. The molecule has 1 aromatic heterocycles. The van der Waals surface area contributed by atoms with Crippen LogP contribution in [0, 0.1) is 0 Å². The number of ether oxygens (including phenoxy) is 1. The molecule has 0 radical (unpaired) electrons. The van der Waals surface area contributed by atoms with E-state index in [4.69, 9.17) is 14.4 Å². The normalized spacial score (nSPS) is 18.6. The summed E-state index contributed by atoms with van der Waals surface area (Å²) >= 11 is 0. The average molecular weight is 339 g/mol. The SMILES string of the molecule is CC(C)(C)c1noc(CCCC(=O)N2CCO[C@@H](CC(=O)O)C2)n1. The van der Waals surface area contributed by atoms with E-state index in [1.807, 2.05) is 20.8 Å². The largest absolute Gasteiger partial charge is 0.481 e. The summed E-state index contributed by atoms with van der Waals surface area (Å²) in [5.41, 5.74) is -0.162. The zero-order chi connectivity index (χ0) is 17.7. The lowest BCUT2D eigenvalue weighted by Crippen LogP contribution is -2.46. The van der Waals surface area contributed by atoms with Gasteiger partial charge in [0.2, 0.25) is 11.8 Å². The molecule has 0 saturated carbocycles. The Morgan fingerprint density at radius 2 is 2.12 bits per heavy atom. The van der Waals surface area contributed by atoms with Crippen LogP contribution in [0.4, 0.5) is 0 Å². The number of carboxylic acid groups (broad SMARTS) is 1. The molecule has 0 aromatic carbocycles. The molecule has 0 spiro atoms. The molecular formula is C16H25N3O5. The van der Waals surface area contributed by atoms with Crippen molar-refractivity contribution in [3.63, 3.8) is 0 Å². The van der Waals surface area contributed by atoms with Gasteiger partial charge in [0.25, 0.3) is 0 Å². The number of amides is 1. The van der Waals surface area contributed by atoms with Gasteiger partial charge in [0, 0.05) is 31.3 Å². The highest BCUT2D eigenvalue weighted by Gasteiger charge is 2.26. The van der Waals surface area contributed by atoms with Crippen LogP contribution in [0.2, 0.25) is 0 Å². The molecule has 1 N–H and O–H groups in total. The number of aromatic nitrogens is 2. The van der Waals surface area contributed by atoms with Crippen LogP contribution >= 0.6 is 0 Å². The smallest absolute Gasteiger partial charge is 0.306 e. The summed E-state index contributed by atoms with van der Waals surface area (Å²) in [7, 11) is 0. The fourth-order valence-electron chi connectivity index (χ4n) is 2.47. The minimum atomic E-state index is -0.916. The number of carbonyl (C=O) groups is 2. The van der Waals surface area contributed by atoms with Crippen LogP contribution in [0.3, 0.4) is 0 Å². The van der Waals surface area contributed by atoms with Crippen LogP contribution in [-0.2, 0) is 26.2 Å². The van der Waals surface area contributed by atoms with Gasteiger partial charge in [0.1, 0.15) is 0 Å². The molecule has 0 unspecified atom stereocenters. The summed E-state index contributed by atoms with van der Waals surface area (Å²) in [5, 5.41) is 12.8. The molecule has 0 bridgehead atoms. The summed E-state index contributed by atoms with van der Waals surface area (Å²) in [6.07, 6.45) is 1.03. The Labute approximate surface area is 141 Å². The van der Waals surface area contributed by atoms with Gasteiger partial charge >= 0.3 is 5.97 Å². The predicted molar refractivity (Wildman–Crippen MR) is 84.5 cm³/mol. The van der Waals surface area contributed by atoms with E-state index in [1.54, 1.807) is 4.90 Å². The van der Waals surface area contributed by atoms with Crippen molar-refractivity contribution in [1.29, 1.82) is 0 Å². The van der Waals surface area contributed by atoms with E-state index in [0.29, 0.717) is 50.7 Å². The van der Waals surface area contributed by atoms with Gasteiger partial charge in [-0.05, 0) is 6.42 Å². The maximum absolute atomic E-state index is 12.2. The van der Waals surface area contributed by atoms with Crippen LogP contribution in [0.15, 0.2) is 4.52 Å². The van der Waals surface area contributed by atoms with Crippen molar-refractivity contribution in [1.82, 2.24) is 15.0 Å². The Morgan fingerprint density at radius 3 is 2.75 bits per heavy atom. The van der Waals surface area contributed by atoms with E-state index in [0.717, 1.165) is 0 Å². The zero-order valence-corrected chi connectivity index (χ0v) is 14.4. The zero-order valence-electron chi connectivity index (χ0n) is 14.4. The molecule has 1 aromatic rings. The van der Waals surface area contributed by atoms with Crippen molar-refractivity contribution in [2.45, 2.75) is 58.0 Å². The van der Waals surface area contributed by atoms with Crippen LogP contribution < -0.4 is 0 Å². The third-order valence-electron chi connectivity index (χ3n) is 3.81. The topological polar surface area (TPSA) is 106 Å². The fraction of sp³-hybridized carbons (Fsp3) is 0.750. The first kappa shape index (κ1) is 18.4. The number of morpholine rings is 1. The van der Waals surface area contributed by atoms with E-state index in [9.17, 15) is 9.59 Å². The minimum absolute atomic E-state index is 0.00393. The van der Waals surface area contributed by atoms with E-state index in [1.165, 1.54) is 0 Å². The lowest BCUT2D eigenvalue weighted by molar-refractivity contribution is -0.147. The first-order valence-electron chi connectivity index (χ1n) is 8.20. The number of aryl methyl sites for hydroxylation is 1. The molecule has 1 saturated heterocycles. The van der Waals surface area contributed by atoms with Crippen LogP contribution in [0.25, 0.3) is 0 Å². The second kappa shape index (κ2) is 7.74. The summed E-state index contributed by atoms with van der Waals surface area (Å²) < 4.78 is 10.6. The predicted octanol–water partition coefficient (Wildman–Crippen LogP) is 1.39. The minimum Gasteiger partial charge on any atom is -0.481 e. The van der Waals surface area contributed by atoms with Gasteiger partial charge in [0.15, 0.2) is 5.82 Å². The van der Waals surface area contributed by atoms with E-state index in [-0.39, 0.29) is 17.7 Å². The third kappa shape index (κ3) is 5.30. The molecule has 1 aliphatic rings. The number of carboxylic acids is 1. The molecule has 1 amide bonds. The molecule has 24 heavy (non-hydrogen) atoms. The second-order valence-corrected chi connectivity index (χ2v) is 7.05. The molecule has 1 fully saturated rings. The summed E-state index contributed by atoms with van der Waals surface area (Å²) in [5.74, 6) is 0.288. The highest BCUT2D eigenvalue weighted by molar-refractivity contribution is 5.76. The van der Waals surface area contributed by atoms with Crippen LogP contribution in [0.1, 0.15) is 51.7 Å². The van der Waals surface area contributed by atoms with E-state index >= 15 is 0 Å². The number of rotatable bonds is 6. The lowest BCUT2D eigenvalue weighted by atomic mass is 9.96. The Kier molecular flexibility index (Phi) is 5.93. The van der Waals surface area contributed by atoms with Gasteiger partial charge in [-0.25, -0.2) is 0 Å². The van der Waals surface area contributed by atoms with E-state index in [2.05, 4.69) is 10.1 Å². The molecule has 8 nitrogen and oxygen atoms in total. The van der Waals surface area contributed by atoms with Gasteiger partial charge < -0.3 is 19.3 Å². The average Bonchev–Trinajstić information content (AvgIpc) is 2.95.